The molecule has 0 aromatic heterocycles. The van der Waals surface area contributed by atoms with Crippen LogP contribution in [0.2, 0.25) is 5.02 Å². The molecule has 0 amide bonds. The maximum atomic E-state index is 14.0. The monoisotopic (exact) mass is 355 g/mol. The van der Waals surface area contributed by atoms with Gasteiger partial charge in [0, 0.05) is 22.0 Å². The van der Waals surface area contributed by atoms with Gasteiger partial charge in [-0.15, -0.1) is 0 Å². The van der Waals surface area contributed by atoms with E-state index in [1.54, 1.807) is 0 Å². The van der Waals surface area contributed by atoms with Crippen LogP contribution >= 0.6 is 27.5 Å². The average Bonchev–Trinajstić information content (AvgIpc) is 2.42. The zero-order chi connectivity index (χ0) is 14.5. The summed E-state index contributed by atoms with van der Waals surface area (Å²) < 4.78 is 14.7. The summed E-state index contributed by atoms with van der Waals surface area (Å²) in [6.45, 7) is 0.749. The zero-order valence-corrected chi connectivity index (χ0v) is 13.5. The molecule has 0 aliphatic rings. The number of nitrogens with one attached hydrogen (secondary N) is 1. The minimum absolute atomic E-state index is 0.143. The van der Waals surface area contributed by atoms with Gasteiger partial charge in [0.15, 0.2) is 0 Å². The minimum atomic E-state index is -0.187. The summed E-state index contributed by atoms with van der Waals surface area (Å²) in [6, 6.07) is 12.9. The van der Waals surface area contributed by atoms with Crippen molar-refractivity contribution in [1.82, 2.24) is 5.32 Å². The fourth-order valence-corrected chi connectivity index (χ4v) is 2.92. The highest BCUT2D eigenvalue weighted by molar-refractivity contribution is 9.10. The molecule has 0 fully saturated rings. The van der Waals surface area contributed by atoms with Crippen LogP contribution in [0.3, 0.4) is 0 Å². The second-order valence-corrected chi connectivity index (χ2v) is 6.04. The van der Waals surface area contributed by atoms with Crippen molar-refractivity contribution in [1.29, 1.82) is 0 Å². The molecule has 2 rings (SSSR count). The normalized spacial score (nSPS) is 12.4. The summed E-state index contributed by atoms with van der Waals surface area (Å²) in [4.78, 5) is 0. The highest BCUT2D eigenvalue weighted by atomic mass is 79.9. The molecule has 0 heterocycles. The lowest BCUT2D eigenvalue weighted by molar-refractivity contribution is 0.574. The molecule has 0 radical (unpaired) electrons. The Morgan fingerprint density at radius 2 is 2.00 bits per heavy atom. The molecular formula is C16H16BrClFN. The van der Waals surface area contributed by atoms with Gasteiger partial charge >= 0.3 is 0 Å². The molecule has 0 aliphatic carbocycles. The van der Waals surface area contributed by atoms with Crippen molar-refractivity contribution in [3.05, 3.63) is 68.9 Å². The predicted octanol–water partition coefficient (Wildman–Crippen LogP) is 4.79. The summed E-state index contributed by atoms with van der Waals surface area (Å²) in [7, 11) is 1.89. The van der Waals surface area contributed by atoms with Crippen molar-refractivity contribution in [2.24, 2.45) is 0 Å². The number of halogens is 3. The summed E-state index contributed by atoms with van der Waals surface area (Å²) in [6.07, 6.45) is 0.615. The predicted molar refractivity (Wildman–Crippen MR) is 85.9 cm³/mol. The Morgan fingerprint density at radius 3 is 2.65 bits per heavy atom. The van der Waals surface area contributed by atoms with Gasteiger partial charge in [-0.1, -0.05) is 51.8 Å². The fourth-order valence-electron chi connectivity index (χ4n) is 2.30. The molecule has 0 saturated carbocycles. The summed E-state index contributed by atoms with van der Waals surface area (Å²) >= 11 is 9.53. The topological polar surface area (TPSA) is 12.0 Å². The maximum Gasteiger partial charge on any atom is 0.127 e. The highest BCUT2D eigenvalue weighted by Gasteiger charge is 2.16. The van der Waals surface area contributed by atoms with Crippen LogP contribution < -0.4 is 5.32 Å². The lowest BCUT2D eigenvalue weighted by Crippen LogP contribution is -2.20. The zero-order valence-electron chi connectivity index (χ0n) is 11.2. The van der Waals surface area contributed by atoms with Crippen LogP contribution in [0.1, 0.15) is 17.0 Å². The van der Waals surface area contributed by atoms with Crippen LogP contribution in [0, 0.1) is 5.82 Å². The molecular weight excluding hydrogens is 341 g/mol. The van der Waals surface area contributed by atoms with E-state index in [0.29, 0.717) is 12.0 Å². The Morgan fingerprint density at radius 1 is 1.25 bits per heavy atom. The standard InChI is InChI=1S/C16H16BrClFN/c1-20-10-12(14-4-2-3-5-15(14)18)8-11-6-7-13(17)9-16(11)19/h2-7,9,12,20H,8,10H2,1H3. The van der Waals surface area contributed by atoms with Crippen molar-refractivity contribution in [2.45, 2.75) is 12.3 Å². The van der Waals surface area contributed by atoms with E-state index in [4.69, 9.17) is 11.6 Å². The van der Waals surface area contributed by atoms with Gasteiger partial charge < -0.3 is 5.32 Å². The van der Waals surface area contributed by atoms with Crippen LogP contribution in [0.5, 0.6) is 0 Å². The van der Waals surface area contributed by atoms with E-state index in [9.17, 15) is 4.39 Å². The number of hydrogen-bond acceptors (Lipinski definition) is 1. The van der Waals surface area contributed by atoms with Crippen LogP contribution in [0.15, 0.2) is 46.9 Å². The number of rotatable bonds is 5. The average molecular weight is 357 g/mol. The third-order valence-electron chi connectivity index (χ3n) is 3.28. The molecule has 1 nitrogen and oxygen atoms in total. The Bertz CT molecular complexity index is 588. The quantitative estimate of drug-likeness (QED) is 0.812. The molecule has 1 unspecified atom stereocenters. The van der Waals surface area contributed by atoms with E-state index in [1.165, 1.54) is 6.07 Å². The lowest BCUT2D eigenvalue weighted by atomic mass is 9.91. The van der Waals surface area contributed by atoms with Crippen molar-refractivity contribution in [2.75, 3.05) is 13.6 Å². The van der Waals surface area contributed by atoms with E-state index >= 15 is 0 Å². The summed E-state index contributed by atoms with van der Waals surface area (Å²) in [5.74, 6) is -0.0445. The molecule has 1 atom stereocenters. The summed E-state index contributed by atoms with van der Waals surface area (Å²) in [5, 5.41) is 3.88. The fraction of sp³-hybridized carbons (Fsp3) is 0.250. The number of benzene rings is 2. The van der Waals surface area contributed by atoms with Crippen LogP contribution in [0.25, 0.3) is 0 Å². The molecule has 20 heavy (non-hydrogen) atoms. The van der Waals surface area contributed by atoms with E-state index in [-0.39, 0.29) is 11.7 Å². The van der Waals surface area contributed by atoms with Crippen molar-refractivity contribution >= 4 is 27.5 Å². The lowest BCUT2D eigenvalue weighted by Gasteiger charge is -2.19. The maximum absolute atomic E-state index is 14.0. The first-order chi connectivity index (χ1) is 9.61. The second kappa shape index (κ2) is 7.21. The van der Waals surface area contributed by atoms with Gasteiger partial charge in [-0.25, -0.2) is 4.39 Å². The molecule has 0 bridgehead atoms. The minimum Gasteiger partial charge on any atom is -0.319 e. The van der Waals surface area contributed by atoms with Gasteiger partial charge in [0.1, 0.15) is 5.82 Å². The largest absolute Gasteiger partial charge is 0.319 e. The van der Waals surface area contributed by atoms with E-state index in [2.05, 4.69) is 21.2 Å². The second-order valence-electron chi connectivity index (χ2n) is 4.72. The molecule has 106 valence electrons. The molecule has 1 N–H and O–H groups in total. The highest BCUT2D eigenvalue weighted by Crippen LogP contribution is 2.28. The first-order valence-corrected chi connectivity index (χ1v) is 7.62. The van der Waals surface area contributed by atoms with Gasteiger partial charge in [-0.2, -0.15) is 0 Å². The van der Waals surface area contributed by atoms with Crippen LogP contribution in [-0.4, -0.2) is 13.6 Å². The van der Waals surface area contributed by atoms with Gasteiger partial charge in [0.05, 0.1) is 0 Å². The van der Waals surface area contributed by atoms with Gasteiger partial charge in [0.2, 0.25) is 0 Å². The Balaban J connectivity index is 2.28. The Labute approximate surface area is 132 Å². The molecule has 2 aromatic rings. The van der Waals surface area contributed by atoms with Gasteiger partial charge in [-0.05, 0) is 42.8 Å². The van der Waals surface area contributed by atoms with Crippen molar-refractivity contribution < 1.29 is 4.39 Å². The summed E-state index contributed by atoms with van der Waals surface area (Å²) in [5.41, 5.74) is 1.75. The van der Waals surface area contributed by atoms with Crippen LogP contribution in [0.4, 0.5) is 4.39 Å². The number of likely N-dealkylation sites (N-methyl/N-ethyl adjacent to an activating group) is 1. The molecule has 0 saturated heterocycles. The smallest absolute Gasteiger partial charge is 0.127 e. The molecule has 0 spiro atoms. The van der Waals surface area contributed by atoms with E-state index < -0.39 is 0 Å². The molecule has 0 aliphatic heterocycles. The van der Waals surface area contributed by atoms with Gasteiger partial charge in [-0.3, -0.25) is 0 Å². The Kier molecular flexibility index (Phi) is 5.58. The molecule has 2 aromatic carbocycles. The van der Waals surface area contributed by atoms with E-state index in [0.717, 1.165) is 21.6 Å². The SMILES string of the molecule is CNCC(Cc1ccc(Br)cc1F)c1ccccc1Cl. The first-order valence-electron chi connectivity index (χ1n) is 6.44. The van der Waals surface area contributed by atoms with E-state index in [1.807, 2.05) is 43.4 Å². The first kappa shape index (κ1) is 15.5. The molecule has 4 heteroatoms. The number of hydrogen-bond donors (Lipinski definition) is 1. The van der Waals surface area contributed by atoms with Crippen molar-refractivity contribution in [3.63, 3.8) is 0 Å². The van der Waals surface area contributed by atoms with Gasteiger partial charge in [0.25, 0.3) is 0 Å². The Hall–Kier alpha value is -0.900. The van der Waals surface area contributed by atoms with Crippen LogP contribution in [-0.2, 0) is 6.42 Å². The third-order valence-corrected chi connectivity index (χ3v) is 4.11. The van der Waals surface area contributed by atoms with Crippen molar-refractivity contribution in [3.8, 4) is 0 Å². The third kappa shape index (κ3) is 3.81.